The van der Waals surface area contributed by atoms with E-state index in [0.29, 0.717) is 5.57 Å². The summed E-state index contributed by atoms with van der Waals surface area (Å²) in [5.74, 6) is -0.0369. The molecule has 0 aliphatic carbocycles. The van der Waals surface area contributed by atoms with Crippen LogP contribution in [0.2, 0.25) is 0 Å². The van der Waals surface area contributed by atoms with Crippen molar-refractivity contribution in [2.45, 2.75) is 18.2 Å². The van der Waals surface area contributed by atoms with Gasteiger partial charge in [-0.05, 0) is 17.2 Å². The van der Waals surface area contributed by atoms with Crippen molar-refractivity contribution in [3.63, 3.8) is 0 Å². The van der Waals surface area contributed by atoms with Crippen molar-refractivity contribution in [2.75, 3.05) is 0 Å². The Morgan fingerprint density at radius 2 is 1.91 bits per heavy atom. The van der Waals surface area contributed by atoms with Crippen LogP contribution in [0.3, 0.4) is 0 Å². The van der Waals surface area contributed by atoms with Gasteiger partial charge in [-0.15, -0.1) is 0 Å². The number of allylic oxidation sites excluding steroid dienone is 1. The standard InChI is InChI=1S/C17H16N4O2/c18-8-12-13(11-6-7-22-9-11)14-15(10-4-2-1-3-5-10)20-21-17(14)23-16(12)19/h1-7,9,13-15,17,20-21H,19H2. The Kier molecular flexibility index (Phi) is 3.30. The Bertz CT molecular complexity index is 764. The molecule has 116 valence electrons. The zero-order valence-corrected chi connectivity index (χ0v) is 12.3. The largest absolute Gasteiger partial charge is 0.472 e. The Balaban J connectivity index is 1.81. The lowest BCUT2D eigenvalue weighted by Gasteiger charge is -2.35. The van der Waals surface area contributed by atoms with Crippen LogP contribution in [0.1, 0.15) is 23.1 Å². The number of ether oxygens (including phenoxy) is 1. The number of nitrogens with one attached hydrogen (secondary N) is 2. The molecule has 4 rings (SSSR count). The van der Waals surface area contributed by atoms with E-state index in [-0.39, 0.29) is 30.0 Å². The van der Waals surface area contributed by atoms with Crippen LogP contribution in [-0.2, 0) is 4.74 Å². The van der Waals surface area contributed by atoms with Gasteiger partial charge in [0, 0.05) is 11.8 Å². The van der Waals surface area contributed by atoms with E-state index in [1.807, 2.05) is 24.3 Å². The summed E-state index contributed by atoms with van der Waals surface area (Å²) in [4.78, 5) is 0. The second-order valence-corrected chi connectivity index (χ2v) is 5.72. The number of nitrogens with two attached hydrogens (primary N) is 1. The first kappa shape index (κ1) is 13.9. The SMILES string of the molecule is N#CC1=C(N)OC2NNC(c3ccccc3)C2C1c1ccoc1. The molecule has 2 aliphatic heterocycles. The molecule has 3 heterocycles. The lowest BCUT2D eigenvalue weighted by molar-refractivity contribution is 0.0340. The van der Waals surface area contributed by atoms with Gasteiger partial charge < -0.3 is 14.9 Å². The first-order valence-electron chi connectivity index (χ1n) is 7.44. The highest BCUT2D eigenvalue weighted by molar-refractivity contribution is 5.41. The van der Waals surface area contributed by atoms with Gasteiger partial charge in [-0.3, -0.25) is 0 Å². The predicted octanol–water partition coefficient (Wildman–Crippen LogP) is 1.88. The van der Waals surface area contributed by atoms with Crippen LogP contribution in [0.5, 0.6) is 0 Å². The molecule has 4 unspecified atom stereocenters. The zero-order chi connectivity index (χ0) is 15.8. The van der Waals surface area contributed by atoms with Crippen molar-refractivity contribution in [2.24, 2.45) is 11.7 Å². The summed E-state index contributed by atoms with van der Waals surface area (Å²) in [6, 6.07) is 14.2. The topological polar surface area (TPSA) is 96.2 Å². The van der Waals surface area contributed by atoms with Crippen LogP contribution >= 0.6 is 0 Å². The Morgan fingerprint density at radius 3 is 2.61 bits per heavy atom. The van der Waals surface area contributed by atoms with Gasteiger partial charge in [-0.1, -0.05) is 30.3 Å². The monoisotopic (exact) mass is 308 g/mol. The highest BCUT2D eigenvalue weighted by Crippen LogP contribution is 2.47. The molecular formula is C17H16N4O2. The molecule has 2 aromatic rings. The number of hydrogen-bond acceptors (Lipinski definition) is 6. The van der Waals surface area contributed by atoms with Gasteiger partial charge >= 0.3 is 0 Å². The quantitative estimate of drug-likeness (QED) is 0.784. The molecule has 0 radical (unpaired) electrons. The summed E-state index contributed by atoms with van der Waals surface area (Å²) < 4.78 is 11.0. The number of hydrogen-bond donors (Lipinski definition) is 3. The maximum absolute atomic E-state index is 9.57. The van der Waals surface area contributed by atoms with Crippen molar-refractivity contribution in [1.82, 2.24) is 10.9 Å². The number of hydrazine groups is 1. The van der Waals surface area contributed by atoms with Gasteiger partial charge in [0.2, 0.25) is 5.88 Å². The minimum atomic E-state index is -0.308. The first-order valence-corrected chi connectivity index (χ1v) is 7.44. The first-order chi connectivity index (χ1) is 11.3. The van der Waals surface area contributed by atoms with Crippen LogP contribution < -0.4 is 16.6 Å². The Hall–Kier alpha value is -2.75. The fourth-order valence-corrected chi connectivity index (χ4v) is 3.49. The van der Waals surface area contributed by atoms with Crippen LogP contribution in [0, 0.1) is 17.2 Å². The molecule has 0 bridgehead atoms. The molecule has 1 aromatic heterocycles. The number of nitriles is 1. The second-order valence-electron chi connectivity index (χ2n) is 5.72. The molecule has 6 nitrogen and oxygen atoms in total. The summed E-state index contributed by atoms with van der Waals surface area (Å²) in [5, 5.41) is 9.57. The molecule has 23 heavy (non-hydrogen) atoms. The average molecular weight is 308 g/mol. The van der Waals surface area contributed by atoms with E-state index in [1.54, 1.807) is 12.5 Å². The van der Waals surface area contributed by atoms with Gasteiger partial charge in [-0.25, -0.2) is 10.9 Å². The third kappa shape index (κ3) is 2.18. The molecule has 2 aliphatic rings. The molecule has 1 aromatic carbocycles. The van der Waals surface area contributed by atoms with Crippen molar-refractivity contribution in [1.29, 1.82) is 5.26 Å². The minimum Gasteiger partial charge on any atom is -0.472 e. The van der Waals surface area contributed by atoms with Gasteiger partial charge in [0.05, 0.1) is 24.1 Å². The average Bonchev–Trinajstić information content (AvgIpc) is 3.24. The van der Waals surface area contributed by atoms with Gasteiger partial charge in [0.15, 0.2) is 6.23 Å². The van der Waals surface area contributed by atoms with Crippen molar-refractivity contribution in [3.05, 3.63) is 71.5 Å². The van der Waals surface area contributed by atoms with Gasteiger partial charge in [0.25, 0.3) is 0 Å². The normalized spacial score (nSPS) is 29.7. The summed E-state index contributed by atoms with van der Waals surface area (Å²) in [6.07, 6.45) is 2.97. The van der Waals surface area contributed by atoms with E-state index in [2.05, 4.69) is 29.1 Å². The maximum Gasteiger partial charge on any atom is 0.200 e. The summed E-state index contributed by atoms with van der Waals surface area (Å²) in [6.45, 7) is 0. The smallest absolute Gasteiger partial charge is 0.200 e. The number of fused-ring (bicyclic) bond motifs is 1. The van der Waals surface area contributed by atoms with Crippen molar-refractivity contribution >= 4 is 0 Å². The Labute approximate surface area is 133 Å². The molecule has 1 saturated heterocycles. The molecule has 0 amide bonds. The van der Waals surface area contributed by atoms with Crippen LogP contribution in [0.4, 0.5) is 0 Å². The summed E-state index contributed by atoms with van der Waals surface area (Å²) >= 11 is 0. The van der Waals surface area contributed by atoms with Gasteiger partial charge in [0.1, 0.15) is 6.07 Å². The molecule has 4 atom stereocenters. The van der Waals surface area contributed by atoms with E-state index >= 15 is 0 Å². The Morgan fingerprint density at radius 1 is 1.09 bits per heavy atom. The zero-order valence-electron chi connectivity index (χ0n) is 12.3. The summed E-state index contributed by atoms with van der Waals surface area (Å²) in [5.41, 5.74) is 14.9. The molecule has 1 fully saturated rings. The molecule has 0 saturated carbocycles. The minimum absolute atomic E-state index is 0.00227. The number of furan rings is 1. The molecule has 0 spiro atoms. The molecule has 4 N–H and O–H groups in total. The highest BCUT2D eigenvalue weighted by Gasteiger charge is 2.49. The van der Waals surface area contributed by atoms with E-state index in [1.165, 1.54) is 0 Å². The fourth-order valence-electron chi connectivity index (χ4n) is 3.49. The van der Waals surface area contributed by atoms with E-state index in [4.69, 9.17) is 14.9 Å². The number of benzene rings is 1. The molecule has 6 heteroatoms. The van der Waals surface area contributed by atoms with Crippen LogP contribution in [0.25, 0.3) is 0 Å². The third-order valence-corrected chi connectivity index (χ3v) is 4.51. The fraction of sp³-hybridized carbons (Fsp3) is 0.235. The van der Waals surface area contributed by atoms with Gasteiger partial charge in [-0.2, -0.15) is 5.26 Å². The van der Waals surface area contributed by atoms with Crippen LogP contribution in [0.15, 0.2) is 64.8 Å². The third-order valence-electron chi connectivity index (χ3n) is 4.51. The maximum atomic E-state index is 9.57. The number of rotatable bonds is 2. The lowest BCUT2D eigenvalue weighted by Crippen LogP contribution is -2.40. The van der Waals surface area contributed by atoms with Crippen molar-refractivity contribution in [3.8, 4) is 6.07 Å². The highest BCUT2D eigenvalue weighted by atomic mass is 16.5. The van der Waals surface area contributed by atoms with Crippen molar-refractivity contribution < 1.29 is 9.15 Å². The molecular weight excluding hydrogens is 292 g/mol. The van der Waals surface area contributed by atoms with Crippen LogP contribution in [-0.4, -0.2) is 6.23 Å². The van der Waals surface area contributed by atoms with E-state index in [0.717, 1.165) is 11.1 Å². The van der Waals surface area contributed by atoms with E-state index in [9.17, 15) is 5.26 Å². The van der Waals surface area contributed by atoms with E-state index < -0.39 is 0 Å². The second kappa shape index (κ2) is 5.47. The number of nitrogens with zero attached hydrogens (tertiary/aromatic N) is 1. The predicted molar refractivity (Wildman–Crippen MR) is 82.1 cm³/mol. The lowest BCUT2D eigenvalue weighted by atomic mass is 9.75. The summed E-state index contributed by atoms with van der Waals surface area (Å²) in [7, 11) is 0.